The molecule has 0 atom stereocenters. The predicted molar refractivity (Wildman–Crippen MR) is 30.5 cm³/mol. The molecule has 1 aromatic rings. The minimum Gasteiger partial charge on any atom is -0.364 e. The quantitative estimate of drug-likeness (QED) is 0.552. The highest BCUT2D eigenvalue weighted by atomic mass is 16.1. The van der Waals surface area contributed by atoms with Gasteiger partial charge in [-0.3, -0.25) is 9.78 Å². The summed E-state index contributed by atoms with van der Waals surface area (Å²) in [5.41, 5.74) is 4.76. The molecule has 0 aliphatic rings. The summed E-state index contributed by atoms with van der Waals surface area (Å²) in [5, 5.41) is 0. The fourth-order valence-corrected chi connectivity index (χ4v) is 0.387. The maximum absolute atomic E-state index is 10.4. The second kappa shape index (κ2) is 2.21. The Hall–Kier alpha value is -1.45. The summed E-state index contributed by atoms with van der Waals surface area (Å²) in [6.45, 7) is 0. The zero-order chi connectivity index (χ0) is 7.56. The van der Waals surface area contributed by atoms with Crippen LogP contribution in [0.5, 0.6) is 0 Å². The van der Waals surface area contributed by atoms with Crippen molar-refractivity contribution in [3.8, 4) is 0 Å². The molecule has 0 bridgehead atoms. The lowest BCUT2D eigenvalue weighted by Gasteiger charge is -1.87. The first kappa shape index (κ1) is 4.43. The molecule has 0 saturated carbocycles. The van der Waals surface area contributed by atoms with Gasteiger partial charge < -0.3 is 5.73 Å². The molecule has 0 saturated heterocycles. The summed E-state index contributed by atoms with van der Waals surface area (Å²) in [7, 11) is 0. The Morgan fingerprint density at radius 1 is 1.78 bits per heavy atom. The zero-order valence-corrected chi connectivity index (χ0v) is 4.53. The van der Waals surface area contributed by atoms with E-state index in [-0.39, 0.29) is 11.9 Å². The highest BCUT2D eigenvalue weighted by Crippen LogP contribution is 1.84. The highest BCUT2D eigenvalue weighted by molar-refractivity contribution is 5.90. The van der Waals surface area contributed by atoms with Crippen molar-refractivity contribution < 1.29 is 6.17 Å². The molecule has 4 nitrogen and oxygen atoms in total. The van der Waals surface area contributed by atoms with Crippen LogP contribution in [0.2, 0.25) is 0 Å². The Bertz CT molecular complexity index is 263. The monoisotopic (exact) mass is 124 g/mol. The number of carbonyl (C=O) groups is 1. The number of hydrogen-bond donors (Lipinski definition) is 1. The van der Waals surface area contributed by atoms with Crippen LogP contribution >= 0.6 is 0 Å². The van der Waals surface area contributed by atoms with Crippen LogP contribution in [0, 0.1) is 0 Å². The third kappa shape index (κ3) is 1.22. The lowest BCUT2D eigenvalue weighted by molar-refractivity contribution is 0.0995. The number of rotatable bonds is 1. The first-order valence-corrected chi connectivity index (χ1v) is 2.29. The van der Waals surface area contributed by atoms with E-state index in [9.17, 15) is 4.79 Å². The maximum atomic E-state index is 10.4. The molecule has 0 radical (unpaired) electrons. The number of aromatic nitrogens is 2. The van der Waals surface area contributed by atoms with Gasteiger partial charge in [-0.1, -0.05) is 0 Å². The summed E-state index contributed by atoms with van der Waals surface area (Å²) in [6.07, 6.45) is 2.46. The number of hydrogen-bond acceptors (Lipinski definition) is 3. The minimum atomic E-state index is -0.724. The summed E-state index contributed by atoms with van der Waals surface area (Å²) in [5.74, 6) is -0.724. The summed E-state index contributed by atoms with van der Waals surface area (Å²) in [4.78, 5) is 17.5. The molecule has 0 spiro atoms. The van der Waals surface area contributed by atoms with Crippen molar-refractivity contribution in [1.29, 1.82) is 0 Å². The van der Waals surface area contributed by atoms with E-state index in [1.165, 1.54) is 12.4 Å². The summed E-state index contributed by atoms with van der Waals surface area (Å²) >= 11 is 0. The van der Waals surface area contributed by atoms with Gasteiger partial charge in [0.15, 0.2) is 0 Å². The first-order chi connectivity index (χ1) is 4.72. The van der Waals surface area contributed by atoms with Gasteiger partial charge in [0.25, 0.3) is 5.91 Å². The van der Waals surface area contributed by atoms with Crippen LogP contribution in [-0.4, -0.2) is 15.9 Å². The van der Waals surface area contributed by atoms with Crippen LogP contribution in [0.25, 0.3) is 0 Å². The van der Waals surface area contributed by atoms with Crippen molar-refractivity contribution in [3.05, 3.63) is 24.3 Å². The number of nitrogens with zero attached hydrogens (tertiary/aromatic N) is 2. The molecule has 0 unspecified atom stereocenters. The van der Waals surface area contributed by atoms with Crippen LogP contribution in [0.15, 0.2) is 18.6 Å². The number of amides is 1. The van der Waals surface area contributed by atoms with Crippen molar-refractivity contribution in [2.24, 2.45) is 5.73 Å². The predicted octanol–water partition coefficient (Wildman–Crippen LogP) is -0.425. The van der Waals surface area contributed by atoms with E-state index < -0.39 is 5.91 Å². The lowest BCUT2D eigenvalue weighted by Crippen LogP contribution is -2.12. The Labute approximate surface area is 53.1 Å². The number of carbonyl (C=O) groups excluding carboxylic acids is 1. The van der Waals surface area contributed by atoms with Gasteiger partial charge in [0.2, 0.25) is 0 Å². The fourth-order valence-electron chi connectivity index (χ4n) is 0.387. The number of primary amides is 1. The van der Waals surface area contributed by atoms with Crippen LogP contribution in [0.1, 0.15) is 11.9 Å². The molecule has 0 aromatic carbocycles. The molecule has 0 aliphatic carbocycles. The molecule has 2 N–H and O–H groups in total. The third-order valence-electron chi connectivity index (χ3n) is 0.749. The second-order valence-corrected chi connectivity index (χ2v) is 1.38. The Morgan fingerprint density at radius 2 is 2.56 bits per heavy atom. The standard InChI is InChI=1S/C5H5N3O/c6-5(9)4-3-7-1-2-8-4/h1-3H,(H2,6,9)/i3D. The van der Waals surface area contributed by atoms with Crippen molar-refractivity contribution >= 4 is 5.91 Å². The Kier molecular flexibility index (Phi) is 1.09. The van der Waals surface area contributed by atoms with E-state index in [0.29, 0.717) is 0 Å². The first-order valence-electron chi connectivity index (χ1n) is 2.79. The second-order valence-electron chi connectivity index (χ2n) is 1.38. The summed E-state index contributed by atoms with van der Waals surface area (Å²) in [6, 6.07) is 0. The van der Waals surface area contributed by atoms with Crippen LogP contribution in [0.4, 0.5) is 0 Å². The van der Waals surface area contributed by atoms with Crippen molar-refractivity contribution in [2.75, 3.05) is 0 Å². The molecule has 9 heavy (non-hydrogen) atoms. The topological polar surface area (TPSA) is 68.9 Å². The van der Waals surface area contributed by atoms with Crippen molar-refractivity contribution in [3.63, 3.8) is 0 Å². The molecule has 0 aliphatic heterocycles. The SMILES string of the molecule is [2H]c1nccnc1C(N)=O. The number of nitrogens with two attached hydrogens (primary N) is 1. The van der Waals surface area contributed by atoms with Gasteiger partial charge in [0.1, 0.15) is 5.69 Å². The molecular formula is C5H5N3O. The highest BCUT2D eigenvalue weighted by Gasteiger charge is 1.97. The average molecular weight is 124 g/mol. The molecular weight excluding hydrogens is 118 g/mol. The largest absolute Gasteiger partial charge is 0.364 e. The van der Waals surface area contributed by atoms with E-state index >= 15 is 0 Å². The van der Waals surface area contributed by atoms with Gasteiger partial charge in [0.05, 0.1) is 7.54 Å². The van der Waals surface area contributed by atoms with Gasteiger partial charge in [-0.05, 0) is 0 Å². The van der Waals surface area contributed by atoms with Crippen molar-refractivity contribution in [1.82, 2.24) is 9.97 Å². The van der Waals surface area contributed by atoms with Gasteiger partial charge in [0, 0.05) is 12.4 Å². The lowest BCUT2D eigenvalue weighted by atomic mass is 10.4. The molecule has 4 heteroatoms. The van der Waals surface area contributed by atoms with Gasteiger partial charge in [-0.15, -0.1) is 0 Å². The van der Waals surface area contributed by atoms with E-state index in [1.807, 2.05) is 0 Å². The fraction of sp³-hybridized carbons (Fsp3) is 0. The molecule has 46 valence electrons. The van der Waals surface area contributed by atoms with E-state index in [4.69, 9.17) is 7.10 Å². The van der Waals surface area contributed by atoms with Gasteiger partial charge in [-0.25, -0.2) is 4.98 Å². The molecule has 1 rings (SSSR count). The summed E-state index contributed by atoms with van der Waals surface area (Å²) < 4.78 is 7.03. The van der Waals surface area contributed by atoms with Crippen LogP contribution in [-0.2, 0) is 0 Å². The average Bonchev–Trinajstić information content (AvgIpc) is 1.88. The molecule has 0 fully saturated rings. The van der Waals surface area contributed by atoms with Gasteiger partial charge >= 0.3 is 0 Å². The normalized spacial score (nSPS) is 10.4. The third-order valence-corrected chi connectivity index (χ3v) is 0.749. The Morgan fingerprint density at radius 3 is 3.00 bits per heavy atom. The van der Waals surface area contributed by atoms with E-state index in [0.717, 1.165) is 0 Å². The zero-order valence-electron chi connectivity index (χ0n) is 5.53. The molecule has 1 heterocycles. The molecule has 1 amide bonds. The molecule has 1 aromatic heterocycles. The van der Waals surface area contributed by atoms with E-state index in [2.05, 4.69) is 9.97 Å². The Balaban J connectivity index is 3.15. The van der Waals surface area contributed by atoms with E-state index in [1.54, 1.807) is 0 Å². The van der Waals surface area contributed by atoms with Crippen LogP contribution < -0.4 is 5.73 Å². The smallest absolute Gasteiger partial charge is 0.268 e. The van der Waals surface area contributed by atoms with Gasteiger partial charge in [-0.2, -0.15) is 0 Å². The minimum absolute atomic E-state index is 0.0949. The maximum Gasteiger partial charge on any atom is 0.268 e. The van der Waals surface area contributed by atoms with Crippen molar-refractivity contribution in [2.45, 2.75) is 0 Å². The van der Waals surface area contributed by atoms with Crippen LogP contribution in [0.3, 0.4) is 0 Å².